The molecule has 2 aliphatic heterocycles. The average molecular weight is 848 g/mol. The van der Waals surface area contributed by atoms with Crippen molar-refractivity contribution in [3.63, 3.8) is 0 Å². The van der Waals surface area contributed by atoms with E-state index in [-0.39, 0.29) is 96.6 Å². The number of hydrogen-bond acceptors (Lipinski definition) is 2. The van der Waals surface area contributed by atoms with Crippen LogP contribution >= 0.6 is 0 Å². The second kappa shape index (κ2) is 15.6. The van der Waals surface area contributed by atoms with Gasteiger partial charge < -0.3 is 22.4 Å². The molecular weight excluding hydrogens is 828 g/mol. The fraction of sp³-hybridized carbons (Fsp3) is 0. The molecule has 3 aromatic heterocycles. The van der Waals surface area contributed by atoms with Crippen molar-refractivity contribution in [2.45, 2.75) is 0 Å². The van der Waals surface area contributed by atoms with Crippen LogP contribution in [0.2, 0.25) is 0 Å². The fourth-order valence-electron chi connectivity index (χ4n) is 7.06. The number of rotatable bonds is 4. The van der Waals surface area contributed by atoms with Crippen molar-refractivity contribution in [3.05, 3.63) is 166 Å². The van der Waals surface area contributed by atoms with E-state index < -0.39 is 68.8 Å². The summed E-state index contributed by atoms with van der Waals surface area (Å²) >= 11 is 0. The summed E-state index contributed by atoms with van der Waals surface area (Å²) in [6.07, 6.45) is 5.46. The molecule has 14 heteroatoms. The Bertz CT molecular complexity index is 2570. The SMILES string of the molecule is Fc1cccc(F)c1-c1c2nc(c(-c3c(F)cccc3F)c3ccc([n-]3)c(-c3c(F)cccc3F)c3nc(c(-c4c(F)cccc4F)c4ccc1[n-]4)C=C3)C=C2.[Cl-].[Fe+3]. The Balaban J connectivity index is 0.00000256. The number of halogens is 9. The third kappa shape index (κ3) is 6.60. The van der Waals surface area contributed by atoms with E-state index in [1.165, 1.54) is 48.6 Å². The number of fused-ring (bicyclic) bond motifs is 8. The van der Waals surface area contributed by atoms with Crippen molar-refractivity contribution in [2.75, 3.05) is 0 Å². The van der Waals surface area contributed by atoms with Gasteiger partial charge in [-0.25, -0.2) is 45.1 Å². The van der Waals surface area contributed by atoms with Gasteiger partial charge in [0, 0.05) is 0 Å². The first-order valence-corrected chi connectivity index (χ1v) is 16.9. The Morgan fingerprint density at radius 3 is 0.672 bits per heavy atom. The van der Waals surface area contributed by atoms with Gasteiger partial charge in [-0.2, -0.15) is 0 Å². The Morgan fingerprint density at radius 2 is 0.483 bits per heavy atom. The summed E-state index contributed by atoms with van der Waals surface area (Å²) in [4.78, 5) is 18.5. The predicted molar refractivity (Wildman–Crippen MR) is 198 cm³/mol. The largest absolute Gasteiger partial charge is 3.00 e. The molecule has 287 valence electrons. The van der Waals surface area contributed by atoms with Gasteiger partial charge in [0.25, 0.3) is 0 Å². The molecule has 0 fully saturated rings. The molecule has 4 nitrogen and oxygen atoms in total. The molecule has 8 bridgehead atoms. The van der Waals surface area contributed by atoms with E-state index in [1.54, 1.807) is 0 Å². The molecule has 7 aromatic rings. The number of hydrogen-bond donors (Lipinski definition) is 0. The topological polar surface area (TPSA) is 54.0 Å². The molecule has 2 aliphatic rings. The Labute approximate surface area is 340 Å². The summed E-state index contributed by atoms with van der Waals surface area (Å²) in [5.74, 6) is -7.96. The average Bonchev–Trinajstić information content (AvgIpc) is 4.00. The molecule has 1 radical (unpaired) electrons. The normalized spacial score (nSPS) is 11.7. The van der Waals surface area contributed by atoms with Crippen LogP contribution in [0.1, 0.15) is 22.8 Å². The quantitative estimate of drug-likeness (QED) is 0.132. The van der Waals surface area contributed by atoms with Crippen molar-refractivity contribution in [2.24, 2.45) is 0 Å². The van der Waals surface area contributed by atoms with Crippen LogP contribution < -0.4 is 22.4 Å². The van der Waals surface area contributed by atoms with Crippen LogP contribution in [0.25, 0.3) is 90.9 Å². The molecule has 0 N–H and O–H groups in total. The maximum Gasteiger partial charge on any atom is 3.00 e. The molecule has 0 saturated carbocycles. The second-order valence-corrected chi connectivity index (χ2v) is 12.7. The molecule has 0 amide bonds. The van der Waals surface area contributed by atoms with Crippen LogP contribution in [0.15, 0.2) is 97.1 Å². The molecule has 9 rings (SSSR count). The number of benzene rings is 4. The summed E-state index contributed by atoms with van der Waals surface area (Å²) < 4.78 is 125. The van der Waals surface area contributed by atoms with Crippen molar-refractivity contribution < 1.29 is 64.6 Å². The molecule has 58 heavy (non-hydrogen) atoms. The van der Waals surface area contributed by atoms with Crippen molar-refractivity contribution in [1.82, 2.24) is 19.9 Å². The molecule has 0 unspecified atom stereocenters. The van der Waals surface area contributed by atoms with E-state index in [1.807, 2.05) is 0 Å². The van der Waals surface area contributed by atoms with Gasteiger partial charge in [-0.1, -0.05) is 48.5 Å². The Morgan fingerprint density at radius 1 is 0.293 bits per heavy atom. The van der Waals surface area contributed by atoms with Gasteiger partial charge in [-0.15, -0.1) is 22.1 Å². The smallest absolute Gasteiger partial charge is 1.00 e. The van der Waals surface area contributed by atoms with Crippen molar-refractivity contribution >= 4 is 46.4 Å². The van der Waals surface area contributed by atoms with Crippen LogP contribution in [0.5, 0.6) is 0 Å². The van der Waals surface area contributed by atoms with E-state index in [0.29, 0.717) is 0 Å². The monoisotopic (exact) mass is 847 g/mol. The number of aromatic nitrogens is 4. The third-order valence-electron chi connectivity index (χ3n) is 9.46. The molecule has 0 saturated heterocycles. The first kappa shape index (κ1) is 39.9. The van der Waals surface area contributed by atoms with E-state index in [4.69, 9.17) is 0 Å². The van der Waals surface area contributed by atoms with Crippen LogP contribution in [0.3, 0.4) is 0 Å². The molecule has 5 heterocycles. The Hall–Kier alpha value is -6.27. The summed E-state index contributed by atoms with van der Waals surface area (Å²) in [6.45, 7) is 0. The fourth-order valence-corrected chi connectivity index (χ4v) is 7.06. The minimum absolute atomic E-state index is 0. The zero-order valence-electron chi connectivity index (χ0n) is 29.1. The van der Waals surface area contributed by atoms with Crippen LogP contribution in [-0.4, -0.2) is 9.97 Å². The van der Waals surface area contributed by atoms with Gasteiger partial charge in [0.05, 0.1) is 45.0 Å². The molecule has 0 spiro atoms. The maximum absolute atomic E-state index is 15.7. The zero-order chi connectivity index (χ0) is 38.8. The van der Waals surface area contributed by atoms with Gasteiger partial charge in [0.2, 0.25) is 0 Å². The van der Waals surface area contributed by atoms with Gasteiger partial charge >= 0.3 is 17.1 Å². The molecule has 4 aromatic carbocycles. The van der Waals surface area contributed by atoms with Gasteiger partial charge in [0.1, 0.15) is 46.5 Å². The van der Waals surface area contributed by atoms with E-state index in [0.717, 1.165) is 72.8 Å². The van der Waals surface area contributed by atoms with Crippen molar-refractivity contribution in [3.8, 4) is 44.5 Å². The molecule has 0 atom stereocenters. The van der Waals surface area contributed by atoms with E-state index in [2.05, 4.69) is 19.9 Å². The summed E-state index contributed by atoms with van der Waals surface area (Å²) in [5.41, 5.74) is -3.65. The van der Waals surface area contributed by atoms with Crippen LogP contribution in [-0.2, 0) is 17.1 Å². The minimum atomic E-state index is -0.995. The predicted octanol–water partition coefficient (Wildman–Crippen LogP) is 8.70. The third-order valence-corrected chi connectivity index (χ3v) is 9.46. The maximum atomic E-state index is 15.7. The number of nitrogens with zero attached hydrogens (tertiary/aromatic N) is 4. The van der Waals surface area contributed by atoms with Crippen LogP contribution in [0.4, 0.5) is 35.1 Å². The van der Waals surface area contributed by atoms with E-state index >= 15 is 35.1 Å². The minimum Gasteiger partial charge on any atom is -1.00 e. The summed E-state index contributed by atoms with van der Waals surface area (Å²) in [6, 6.07) is 18.3. The summed E-state index contributed by atoms with van der Waals surface area (Å²) in [5, 5.41) is 0. The van der Waals surface area contributed by atoms with Gasteiger partial charge in [-0.3, -0.25) is 0 Å². The van der Waals surface area contributed by atoms with E-state index in [9.17, 15) is 0 Å². The first-order chi connectivity index (χ1) is 27.1. The molecule has 0 aliphatic carbocycles. The van der Waals surface area contributed by atoms with Gasteiger partial charge in [0.15, 0.2) is 0 Å². The standard InChI is InChI=1S/C44H20F8N4.ClH.Fe/c45-21-5-1-6-22(46)37(21)41-29-13-15-31(53-29)42(38-23(47)7-2-8-24(38)48)33-17-19-35(55-33)44(40-27(51)11-4-12-28(40)52)36-20-18-34(56-36)43(32-16-14-30(41)54-32)39-25(49)9-3-10-26(39)50;;/h1-20H;1H;/q-2;;+3/p-1. The molecular formula is C44H20ClF8FeN4. The summed E-state index contributed by atoms with van der Waals surface area (Å²) in [7, 11) is 0. The van der Waals surface area contributed by atoms with Crippen LogP contribution in [0, 0.1) is 46.5 Å². The zero-order valence-corrected chi connectivity index (χ0v) is 31.0. The van der Waals surface area contributed by atoms with Gasteiger partial charge in [-0.05, 0) is 95.1 Å². The van der Waals surface area contributed by atoms with Crippen molar-refractivity contribution in [1.29, 1.82) is 0 Å². The Kier molecular flexibility index (Phi) is 10.7. The second-order valence-electron chi connectivity index (χ2n) is 12.7. The first-order valence-electron chi connectivity index (χ1n) is 16.9.